The summed E-state index contributed by atoms with van der Waals surface area (Å²) in [5, 5.41) is 9.61. The number of aliphatic hydroxyl groups excluding tert-OH is 1. The first-order valence-electron chi connectivity index (χ1n) is 26.4. The minimum Gasteiger partial charge on any atom is -0.462 e. The molecule has 1 atom stereocenters. The summed E-state index contributed by atoms with van der Waals surface area (Å²) in [4.78, 5) is 24.4. The van der Waals surface area contributed by atoms with Crippen molar-refractivity contribution in [2.45, 2.75) is 213 Å². The van der Waals surface area contributed by atoms with Crippen molar-refractivity contribution in [3.05, 3.63) is 146 Å². The van der Waals surface area contributed by atoms with E-state index in [0.29, 0.717) is 12.8 Å². The number of hydrogen-bond donors (Lipinski definition) is 1. The topological polar surface area (TPSA) is 72.8 Å². The smallest absolute Gasteiger partial charge is 0.306 e. The van der Waals surface area contributed by atoms with Gasteiger partial charge in [-0.2, -0.15) is 0 Å². The SMILES string of the molecule is CC/C=C\C/C=C\C/C=C\C/C=C\C/C=C\C/C=C\C/C=C\C/C=C\C/C=C\C/C=C\C/C=C\CCCCCC(=O)OC(CO)COC(=O)CCCCCCC/C=C\CCCCCCCC. The molecule has 5 heteroatoms. The lowest BCUT2D eigenvalue weighted by Crippen LogP contribution is -2.28. The van der Waals surface area contributed by atoms with Gasteiger partial charge in [-0.05, 0) is 122 Å². The van der Waals surface area contributed by atoms with E-state index in [1.165, 1.54) is 57.8 Å². The molecule has 0 amide bonds. The molecule has 370 valence electrons. The van der Waals surface area contributed by atoms with Gasteiger partial charge in [0.25, 0.3) is 0 Å². The normalized spacial score (nSPS) is 13.4. The molecule has 0 saturated carbocycles. The predicted octanol–water partition coefficient (Wildman–Crippen LogP) is 17.9. The average Bonchev–Trinajstić information content (AvgIpc) is 3.32. The third-order valence-electron chi connectivity index (χ3n) is 10.6. The molecule has 0 aromatic carbocycles. The van der Waals surface area contributed by atoms with Gasteiger partial charge in [-0.15, -0.1) is 0 Å². The Morgan fingerprint density at radius 1 is 0.364 bits per heavy atom. The Labute approximate surface area is 406 Å². The summed E-state index contributed by atoms with van der Waals surface area (Å²) >= 11 is 0. The molecule has 0 aliphatic carbocycles. The average molecular weight is 909 g/mol. The van der Waals surface area contributed by atoms with Crippen LogP contribution in [0.1, 0.15) is 206 Å². The molecule has 0 spiro atoms. The summed E-state index contributed by atoms with van der Waals surface area (Å²) in [6.45, 7) is 3.97. The van der Waals surface area contributed by atoms with Gasteiger partial charge in [-0.25, -0.2) is 0 Å². The van der Waals surface area contributed by atoms with Crippen LogP contribution in [0.2, 0.25) is 0 Å². The minimum absolute atomic E-state index is 0.0925. The summed E-state index contributed by atoms with van der Waals surface area (Å²) in [6, 6.07) is 0. The molecule has 5 nitrogen and oxygen atoms in total. The number of ether oxygens (including phenoxy) is 2. The monoisotopic (exact) mass is 909 g/mol. The second-order valence-corrected chi connectivity index (χ2v) is 16.9. The van der Waals surface area contributed by atoms with Gasteiger partial charge in [0.1, 0.15) is 6.61 Å². The van der Waals surface area contributed by atoms with E-state index < -0.39 is 6.10 Å². The van der Waals surface area contributed by atoms with Crippen molar-refractivity contribution in [3.8, 4) is 0 Å². The second-order valence-electron chi connectivity index (χ2n) is 16.9. The van der Waals surface area contributed by atoms with E-state index in [1.54, 1.807) is 0 Å². The third-order valence-corrected chi connectivity index (χ3v) is 10.6. The van der Waals surface area contributed by atoms with Gasteiger partial charge in [0, 0.05) is 12.8 Å². The Morgan fingerprint density at radius 2 is 0.652 bits per heavy atom. The Morgan fingerprint density at radius 3 is 1.02 bits per heavy atom. The molecule has 0 aliphatic rings. The predicted molar refractivity (Wildman–Crippen MR) is 287 cm³/mol. The van der Waals surface area contributed by atoms with Gasteiger partial charge in [0.15, 0.2) is 6.10 Å². The second kappa shape index (κ2) is 55.1. The van der Waals surface area contributed by atoms with Crippen molar-refractivity contribution in [3.63, 3.8) is 0 Å². The number of carbonyl (C=O) groups is 2. The van der Waals surface area contributed by atoms with Crippen molar-refractivity contribution in [1.29, 1.82) is 0 Å². The van der Waals surface area contributed by atoms with Crippen molar-refractivity contribution in [2.24, 2.45) is 0 Å². The van der Waals surface area contributed by atoms with Crippen LogP contribution in [0.25, 0.3) is 0 Å². The van der Waals surface area contributed by atoms with E-state index >= 15 is 0 Å². The molecular weight excluding hydrogens is 813 g/mol. The Bertz CT molecular complexity index is 1450. The number of unbranched alkanes of at least 4 members (excludes halogenated alkanes) is 14. The largest absolute Gasteiger partial charge is 0.462 e. The minimum atomic E-state index is -0.803. The summed E-state index contributed by atoms with van der Waals surface area (Å²) < 4.78 is 10.6. The first-order valence-corrected chi connectivity index (χ1v) is 26.4. The standard InChI is InChI=1S/C61H96O5/c1-3-5-7-9-11-13-15-17-19-20-21-22-23-24-25-26-27-28-29-30-31-32-33-34-35-36-37-38-39-40-42-44-46-48-50-52-54-56-61(64)66-59(57-62)58-65-60(63)55-53-51-49-47-45-43-41-18-16-14-12-10-8-6-4-2/h5,7,11,13,17-19,21-22,24-25,27-28,30-31,33-34,36-37,39-41,44,46,59,62H,3-4,6,8-10,12,14-16,20,23,26,29,32,35,38,42-43,45,47-58H2,1-2H3/b7-5-,13-11-,19-17-,22-21-,25-24-,28-27-,31-30-,34-33-,37-36-,40-39-,41-18-,46-44-. The fourth-order valence-electron chi connectivity index (χ4n) is 6.67. The first-order chi connectivity index (χ1) is 32.6. The van der Waals surface area contributed by atoms with Crippen LogP contribution in [0.4, 0.5) is 0 Å². The summed E-state index contributed by atoms with van der Waals surface area (Å²) in [7, 11) is 0. The van der Waals surface area contributed by atoms with Gasteiger partial charge < -0.3 is 14.6 Å². The zero-order valence-corrected chi connectivity index (χ0v) is 42.1. The molecule has 1 N–H and O–H groups in total. The maximum Gasteiger partial charge on any atom is 0.306 e. The lowest BCUT2D eigenvalue weighted by Gasteiger charge is -2.15. The van der Waals surface area contributed by atoms with Crippen LogP contribution in [0.5, 0.6) is 0 Å². The Balaban J connectivity index is 3.70. The zero-order valence-electron chi connectivity index (χ0n) is 42.1. The maximum absolute atomic E-state index is 12.3. The maximum atomic E-state index is 12.3. The highest BCUT2D eigenvalue weighted by Gasteiger charge is 2.16. The van der Waals surface area contributed by atoms with E-state index in [4.69, 9.17) is 9.47 Å². The van der Waals surface area contributed by atoms with Crippen LogP contribution in [-0.2, 0) is 19.1 Å². The Hall–Kier alpha value is -4.22. The fraction of sp³-hybridized carbons (Fsp3) is 0.574. The van der Waals surface area contributed by atoms with Crippen molar-refractivity contribution in [1.82, 2.24) is 0 Å². The van der Waals surface area contributed by atoms with Crippen molar-refractivity contribution < 1.29 is 24.2 Å². The summed E-state index contributed by atoms with van der Waals surface area (Å²) in [5.74, 6) is -0.650. The highest BCUT2D eigenvalue weighted by molar-refractivity contribution is 5.70. The number of hydrogen-bond acceptors (Lipinski definition) is 5. The number of aliphatic hydroxyl groups is 1. The van der Waals surface area contributed by atoms with Crippen molar-refractivity contribution in [2.75, 3.05) is 13.2 Å². The molecule has 66 heavy (non-hydrogen) atoms. The van der Waals surface area contributed by atoms with E-state index in [1.807, 2.05) is 0 Å². The van der Waals surface area contributed by atoms with Gasteiger partial charge >= 0.3 is 11.9 Å². The van der Waals surface area contributed by atoms with Crippen LogP contribution in [0, 0.1) is 0 Å². The van der Waals surface area contributed by atoms with Crippen LogP contribution in [0.15, 0.2) is 146 Å². The number of carbonyl (C=O) groups excluding carboxylic acids is 2. The molecule has 0 aromatic heterocycles. The fourth-order valence-corrected chi connectivity index (χ4v) is 6.67. The highest BCUT2D eigenvalue weighted by Crippen LogP contribution is 2.12. The molecular formula is C61H96O5. The number of rotatable bonds is 46. The summed E-state index contributed by atoms with van der Waals surface area (Å²) in [5.41, 5.74) is 0. The van der Waals surface area contributed by atoms with E-state index in [0.717, 1.165) is 122 Å². The first kappa shape index (κ1) is 61.8. The van der Waals surface area contributed by atoms with Crippen molar-refractivity contribution >= 4 is 11.9 Å². The van der Waals surface area contributed by atoms with Crippen LogP contribution < -0.4 is 0 Å². The van der Waals surface area contributed by atoms with Gasteiger partial charge in [-0.1, -0.05) is 217 Å². The molecule has 0 aliphatic heterocycles. The van der Waals surface area contributed by atoms with E-state index in [-0.39, 0.29) is 25.2 Å². The van der Waals surface area contributed by atoms with Crippen LogP contribution >= 0.6 is 0 Å². The van der Waals surface area contributed by atoms with Gasteiger partial charge in [-0.3, -0.25) is 9.59 Å². The molecule has 0 rings (SSSR count). The lowest BCUT2D eigenvalue weighted by atomic mass is 10.1. The third kappa shape index (κ3) is 52.4. The molecule has 1 unspecified atom stereocenters. The highest BCUT2D eigenvalue weighted by atomic mass is 16.6. The molecule has 0 aromatic rings. The quantitative estimate of drug-likeness (QED) is 0.0374. The number of esters is 2. The molecule has 0 fully saturated rings. The van der Waals surface area contributed by atoms with E-state index in [2.05, 4.69) is 160 Å². The van der Waals surface area contributed by atoms with Crippen LogP contribution in [0.3, 0.4) is 0 Å². The Kier molecular flexibility index (Phi) is 51.6. The van der Waals surface area contributed by atoms with Gasteiger partial charge in [0.2, 0.25) is 0 Å². The van der Waals surface area contributed by atoms with Gasteiger partial charge in [0.05, 0.1) is 6.61 Å². The number of allylic oxidation sites excluding steroid dienone is 24. The summed E-state index contributed by atoms with van der Waals surface area (Å²) in [6.07, 6.45) is 83.7. The zero-order chi connectivity index (χ0) is 47.7. The van der Waals surface area contributed by atoms with E-state index in [9.17, 15) is 14.7 Å². The molecule has 0 radical (unpaired) electrons. The molecule has 0 heterocycles. The molecule has 0 bridgehead atoms. The molecule has 0 saturated heterocycles. The lowest BCUT2D eigenvalue weighted by molar-refractivity contribution is -0.161. The van der Waals surface area contributed by atoms with Crippen LogP contribution in [-0.4, -0.2) is 36.4 Å².